The molecule has 5 atom stereocenters. The molecular weight excluding hydrogens is 208 g/mol. The maximum atomic E-state index is 11.5. The van der Waals surface area contributed by atoms with Gasteiger partial charge in [-0.25, -0.2) is 0 Å². The van der Waals surface area contributed by atoms with Crippen LogP contribution in [0.3, 0.4) is 0 Å². The second-order valence-electron chi connectivity index (χ2n) is 8.65. The molecule has 0 amide bonds. The predicted molar refractivity (Wildman–Crippen MR) is 70.6 cm³/mol. The van der Waals surface area contributed by atoms with Gasteiger partial charge >= 0.3 is 0 Å². The third-order valence-corrected chi connectivity index (χ3v) is 6.68. The molecule has 0 radical (unpaired) electrons. The van der Waals surface area contributed by atoms with Gasteiger partial charge in [0.1, 0.15) is 0 Å². The van der Waals surface area contributed by atoms with E-state index in [9.17, 15) is 5.11 Å². The minimum absolute atomic E-state index is 0.0207. The van der Waals surface area contributed by atoms with Crippen LogP contribution in [0.2, 0.25) is 0 Å². The molecule has 0 aromatic rings. The van der Waals surface area contributed by atoms with Gasteiger partial charge in [-0.1, -0.05) is 34.6 Å². The molecule has 1 N–H and O–H groups in total. The van der Waals surface area contributed by atoms with Crippen molar-refractivity contribution in [3.8, 4) is 0 Å². The standard InChI is InChI=1S/C16H28O/c1-14(2,3)16(17)12-7-10-6-11(9-12)15(4,5)13(16)8-10/h10-13,17H,6-9H2,1-5H3/t10-,11+,12-,13+,16+/m0/s1. The number of rotatable bonds is 0. The molecule has 17 heavy (non-hydrogen) atoms. The molecule has 0 aromatic heterocycles. The molecule has 98 valence electrons. The van der Waals surface area contributed by atoms with Crippen LogP contribution in [-0.4, -0.2) is 10.7 Å². The van der Waals surface area contributed by atoms with E-state index in [0.29, 0.717) is 17.3 Å². The molecule has 1 heteroatoms. The first kappa shape index (κ1) is 12.0. The smallest absolute Gasteiger partial charge is 0.0757 e. The van der Waals surface area contributed by atoms with E-state index in [1.165, 1.54) is 25.7 Å². The maximum absolute atomic E-state index is 11.5. The summed E-state index contributed by atoms with van der Waals surface area (Å²) in [6.45, 7) is 11.6. The molecule has 4 aliphatic rings. The van der Waals surface area contributed by atoms with Gasteiger partial charge in [0.15, 0.2) is 0 Å². The third kappa shape index (κ3) is 1.30. The molecule has 4 aliphatic carbocycles. The highest BCUT2D eigenvalue weighted by molar-refractivity contribution is 5.16. The Labute approximate surface area is 106 Å². The normalized spacial score (nSPS) is 51.9. The van der Waals surface area contributed by atoms with Crippen molar-refractivity contribution in [2.45, 2.75) is 65.9 Å². The fourth-order valence-electron chi connectivity index (χ4n) is 5.68. The first-order chi connectivity index (χ1) is 7.67. The Morgan fingerprint density at radius 2 is 1.53 bits per heavy atom. The SMILES string of the molecule is CC1(C)[C@@H]2C[C@H]3C[C@@H](C2)[C@](O)(C(C)(C)C)[C@@H]1C3. The summed E-state index contributed by atoms with van der Waals surface area (Å²) in [5.74, 6) is 2.87. The van der Waals surface area contributed by atoms with Gasteiger partial charge in [0.25, 0.3) is 0 Å². The van der Waals surface area contributed by atoms with Gasteiger partial charge in [0.2, 0.25) is 0 Å². The summed E-state index contributed by atoms with van der Waals surface area (Å²) in [7, 11) is 0. The minimum Gasteiger partial charge on any atom is -0.389 e. The summed E-state index contributed by atoms with van der Waals surface area (Å²) in [6.07, 6.45) is 5.26. The van der Waals surface area contributed by atoms with E-state index in [2.05, 4.69) is 34.6 Å². The zero-order valence-corrected chi connectivity index (χ0v) is 12.1. The average Bonchev–Trinajstić information content (AvgIpc) is 2.19. The van der Waals surface area contributed by atoms with E-state index in [1.54, 1.807) is 0 Å². The lowest BCUT2D eigenvalue weighted by molar-refractivity contribution is -0.268. The lowest BCUT2D eigenvalue weighted by Gasteiger charge is -2.69. The van der Waals surface area contributed by atoms with E-state index in [0.717, 1.165) is 11.8 Å². The van der Waals surface area contributed by atoms with Crippen LogP contribution < -0.4 is 0 Å². The van der Waals surface area contributed by atoms with E-state index < -0.39 is 5.60 Å². The molecule has 0 saturated heterocycles. The van der Waals surface area contributed by atoms with Crippen LogP contribution >= 0.6 is 0 Å². The fourth-order valence-corrected chi connectivity index (χ4v) is 5.68. The Balaban J connectivity index is 2.08. The average molecular weight is 236 g/mol. The summed E-state index contributed by atoms with van der Waals surface area (Å²) >= 11 is 0. The fraction of sp³-hybridized carbons (Fsp3) is 1.00. The van der Waals surface area contributed by atoms with Crippen LogP contribution in [0.25, 0.3) is 0 Å². The predicted octanol–water partition coefficient (Wildman–Crippen LogP) is 3.86. The van der Waals surface area contributed by atoms with Crippen LogP contribution in [0, 0.1) is 34.5 Å². The third-order valence-electron chi connectivity index (χ3n) is 6.68. The Morgan fingerprint density at radius 3 is 2.12 bits per heavy atom. The molecule has 0 aliphatic heterocycles. The largest absolute Gasteiger partial charge is 0.389 e. The zero-order chi connectivity index (χ0) is 12.6. The first-order valence-electron chi connectivity index (χ1n) is 7.39. The van der Waals surface area contributed by atoms with Crippen molar-refractivity contribution in [2.24, 2.45) is 34.5 Å². The van der Waals surface area contributed by atoms with Crippen molar-refractivity contribution in [3.05, 3.63) is 0 Å². The van der Waals surface area contributed by atoms with E-state index in [1.807, 2.05) is 0 Å². The summed E-state index contributed by atoms with van der Waals surface area (Å²) in [5, 5.41) is 11.5. The van der Waals surface area contributed by atoms with Crippen LogP contribution in [0.1, 0.15) is 60.3 Å². The van der Waals surface area contributed by atoms with E-state index in [4.69, 9.17) is 0 Å². The quantitative estimate of drug-likeness (QED) is 0.677. The number of aliphatic hydroxyl groups is 1. The van der Waals surface area contributed by atoms with Crippen molar-refractivity contribution in [1.82, 2.24) is 0 Å². The van der Waals surface area contributed by atoms with E-state index >= 15 is 0 Å². The summed E-state index contributed by atoms with van der Waals surface area (Å²) in [5.41, 5.74) is -0.0632. The van der Waals surface area contributed by atoms with Crippen molar-refractivity contribution < 1.29 is 5.11 Å². The summed E-state index contributed by atoms with van der Waals surface area (Å²) in [6, 6.07) is 0. The molecule has 4 rings (SSSR count). The van der Waals surface area contributed by atoms with Crippen molar-refractivity contribution in [3.63, 3.8) is 0 Å². The van der Waals surface area contributed by atoms with Crippen LogP contribution in [0.5, 0.6) is 0 Å². The molecule has 4 fully saturated rings. The Hall–Kier alpha value is -0.0400. The van der Waals surface area contributed by atoms with Crippen LogP contribution in [0.15, 0.2) is 0 Å². The number of hydrogen-bond acceptors (Lipinski definition) is 1. The van der Waals surface area contributed by atoms with Gasteiger partial charge in [0, 0.05) is 0 Å². The molecular formula is C16H28O. The van der Waals surface area contributed by atoms with Gasteiger partial charge in [0.05, 0.1) is 5.60 Å². The zero-order valence-electron chi connectivity index (χ0n) is 12.1. The van der Waals surface area contributed by atoms with Gasteiger partial charge in [-0.15, -0.1) is 0 Å². The van der Waals surface area contributed by atoms with Gasteiger partial charge < -0.3 is 5.11 Å². The highest BCUT2D eigenvalue weighted by Crippen LogP contribution is 2.68. The first-order valence-corrected chi connectivity index (χ1v) is 7.39. The van der Waals surface area contributed by atoms with Gasteiger partial charge in [-0.05, 0) is 60.2 Å². The van der Waals surface area contributed by atoms with E-state index in [-0.39, 0.29) is 5.41 Å². The van der Waals surface area contributed by atoms with Gasteiger partial charge in [-0.3, -0.25) is 0 Å². The van der Waals surface area contributed by atoms with Crippen LogP contribution in [0.4, 0.5) is 0 Å². The molecule has 0 spiro atoms. The lowest BCUT2D eigenvalue weighted by Crippen LogP contribution is -2.69. The Bertz CT molecular complexity index is 338. The topological polar surface area (TPSA) is 20.2 Å². The molecule has 0 unspecified atom stereocenters. The monoisotopic (exact) mass is 236 g/mol. The highest BCUT2D eigenvalue weighted by Gasteiger charge is 2.66. The van der Waals surface area contributed by atoms with Crippen molar-refractivity contribution >= 4 is 0 Å². The maximum Gasteiger partial charge on any atom is 0.0757 e. The molecule has 1 nitrogen and oxygen atoms in total. The molecule has 0 aromatic carbocycles. The van der Waals surface area contributed by atoms with Crippen molar-refractivity contribution in [1.29, 1.82) is 0 Å². The van der Waals surface area contributed by atoms with Gasteiger partial charge in [-0.2, -0.15) is 0 Å². The summed E-state index contributed by atoms with van der Waals surface area (Å²) in [4.78, 5) is 0. The Morgan fingerprint density at radius 1 is 0.941 bits per heavy atom. The number of hydrogen-bond donors (Lipinski definition) is 1. The second kappa shape index (κ2) is 3.10. The minimum atomic E-state index is -0.427. The molecule has 0 heterocycles. The lowest BCUT2D eigenvalue weighted by atomic mass is 9.38. The molecule has 4 saturated carbocycles. The van der Waals surface area contributed by atoms with Crippen molar-refractivity contribution in [2.75, 3.05) is 0 Å². The Kier molecular flexibility index (Phi) is 2.19. The molecule has 4 bridgehead atoms. The second-order valence-corrected chi connectivity index (χ2v) is 8.65. The summed E-state index contributed by atoms with van der Waals surface area (Å²) < 4.78 is 0. The highest BCUT2D eigenvalue weighted by atomic mass is 16.3. The van der Waals surface area contributed by atoms with Crippen LogP contribution in [-0.2, 0) is 0 Å².